The van der Waals surface area contributed by atoms with Crippen molar-refractivity contribution in [1.82, 2.24) is 9.88 Å². The van der Waals surface area contributed by atoms with E-state index >= 15 is 0 Å². The number of hydrogen-bond acceptors (Lipinski definition) is 3. The number of rotatable bonds is 4. The molecule has 116 valence electrons. The highest BCUT2D eigenvalue weighted by Gasteiger charge is 2.32. The van der Waals surface area contributed by atoms with Gasteiger partial charge in [-0.2, -0.15) is 0 Å². The zero-order valence-electron chi connectivity index (χ0n) is 13.0. The van der Waals surface area contributed by atoms with Gasteiger partial charge in [-0.25, -0.2) is 0 Å². The van der Waals surface area contributed by atoms with Gasteiger partial charge in [0.15, 0.2) is 0 Å². The Balaban J connectivity index is 2.30. The Kier molecular flexibility index (Phi) is 5.17. The maximum Gasteiger partial charge on any atom is 0.260 e. The van der Waals surface area contributed by atoms with Crippen molar-refractivity contribution in [2.75, 3.05) is 13.2 Å². The number of hydrogen-bond donors (Lipinski definition) is 1. The summed E-state index contributed by atoms with van der Waals surface area (Å²) in [4.78, 5) is 29.2. The quantitative estimate of drug-likeness (QED) is 0.923. The van der Waals surface area contributed by atoms with Crippen molar-refractivity contribution in [1.29, 1.82) is 0 Å². The minimum atomic E-state index is -0.313. The standard InChI is InChI=1S/C16H24N2O3/c1-4-11-7-14(15(19)17-8-11)16(20)18-9-13(6-3)21-10-12(18)5-2/h7-8,12-13H,4-6,9-10H2,1-3H3,(H,17,19). The Bertz CT molecular complexity index is 553. The molecule has 21 heavy (non-hydrogen) atoms. The van der Waals surface area contributed by atoms with E-state index in [2.05, 4.69) is 4.98 Å². The first-order valence-corrected chi connectivity index (χ1v) is 7.74. The van der Waals surface area contributed by atoms with Gasteiger partial charge in [-0.3, -0.25) is 9.59 Å². The van der Waals surface area contributed by atoms with E-state index in [-0.39, 0.29) is 29.2 Å². The van der Waals surface area contributed by atoms with Gasteiger partial charge < -0.3 is 14.6 Å². The molecule has 2 heterocycles. The molecule has 0 aliphatic carbocycles. The number of nitrogens with one attached hydrogen (secondary N) is 1. The van der Waals surface area contributed by atoms with E-state index < -0.39 is 0 Å². The number of H-pyrrole nitrogens is 1. The van der Waals surface area contributed by atoms with Crippen LogP contribution in [0, 0.1) is 0 Å². The van der Waals surface area contributed by atoms with Gasteiger partial charge in [0.05, 0.1) is 18.8 Å². The number of ether oxygens (including phenoxy) is 1. The zero-order valence-corrected chi connectivity index (χ0v) is 13.0. The second-order valence-corrected chi connectivity index (χ2v) is 5.49. The van der Waals surface area contributed by atoms with E-state index in [1.54, 1.807) is 12.3 Å². The normalized spacial score (nSPS) is 22.3. The molecule has 1 N–H and O–H groups in total. The molecule has 0 spiro atoms. The Morgan fingerprint density at radius 3 is 2.76 bits per heavy atom. The van der Waals surface area contributed by atoms with Crippen molar-refractivity contribution in [3.05, 3.63) is 33.7 Å². The average Bonchev–Trinajstić information content (AvgIpc) is 2.54. The van der Waals surface area contributed by atoms with E-state index in [1.165, 1.54) is 0 Å². The fourth-order valence-electron chi connectivity index (χ4n) is 2.64. The van der Waals surface area contributed by atoms with Crippen LogP contribution < -0.4 is 5.56 Å². The molecule has 2 rings (SSSR count). The van der Waals surface area contributed by atoms with Gasteiger partial charge in [0, 0.05) is 12.7 Å². The lowest BCUT2D eigenvalue weighted by atomic mass is 10.1. The summed E-state index contributed by atoms with van der Waals surface area (Å²) in [6, 6.07) is 1.76. The molecular formula is C16H24N2O3. The van der Waals surface area contributed by atoms with E-state index in [0.717, 1.165) is 24.8 Å². The Morgan fingerprint density at radius 1 is 1.38 bits per heavy atom. The van der Waals surface area contributed by atoms with Crippen molar-refractivity contribution in [2.45, 2.75) is 52.2 Å². The predicted octanol–water partition coefficient (Wildman–Crippen LogP) is 1.97. The third-order valence-electron chi connectivity index (χ3n) is 4.15. The van der Waals surface area contributed by atoms with Crippen LogP contribution in [0.4, 0.5) is 0 Å². The number of aryl methyl sites for hydroxylation is 1. The number of aromatic nitrogens is 1. The summed E-state index contributed by atoms with van der Waals surface area (Å²) < 4.78 is 5.74. The van der Waals surface area contributed by atoms with E-state index in [9.17, 15) is 9.59 Å². The maximum absolute atomic E-state index is 12.8. The monoisotopic (exact) mass is 292 g/mol. The largest absolute Gasteiger partial charge is 0.374 e. The molecule has 1 aromatic rings. The molecule has 1 aliphatic heterocycles. The highest BCUT2D eigenvalue weighted by molar-refractivity contribution is 5.94. The van der Waals surface area contributed by atoms with Crippen LogP contribution in [-0.4, -0.2) is 41.1 Å². The van der Waals surface area contributed by atoms with Crippen LogP contribution in [0.2, 0.25) is 0 Å². The first-order valence-electron chi connectivity index (χ1n) is 7.74. The minimum absolute atomic E-state index is 0.0463. The molecule has 0 bridgehead atoms. The predicted molar refractivity (Wildman–Crippen MR) is 81.6 cm³/mol. The van der Waals surface area contributed by atoms with Crippen LogP contribution in [0.1, 0.15) is 49.5 Å². The van der Waals surface area contributed by atoms with Crippen LogP contribution in [0.15, 0.2) is 17.1 Å². The third kappa shape index (κ3) is 3.35. The third-order valence-corrected chi connectivity index (χ3v) is 4.15. The fourth-order valence-corrected chi connectivity index (χ4v) is 2.64. The molecule has 2 atom stereocenters. The van der Waals surface area contributed by atoms with Crippen LogP contribution >= 0.6 is 0 Å². The summed E-state index contributed by atoms with van der Waals surface area (Å²) in [5.41, 5.74) is 0.891. The summed E-state index contributed by atoms with van der Waals surface area (Å²) >= 11 is 0. The van der Waals surface area contributed by atoms with Crippen LogP contribution in [0.5, 0.6) is 0 Å². The van der Waals surface area contributed by atoms with Crippen molar-refractivity contribution in [3.8, 4) is 0 Å². The van der Waals surface area contributed by atoms with E-state index in [0.29, 0.717) is 13.2 Å². The minimum Gasteiger partial charge on any atom is -0.374 e. The number of nitrogens with zero attached hydrogens (tertiary/aromatic N) is 1. The topological polar surface area (TPSA) is 62.4 Å². The molecule has 0 radical (unpaired) electrons. The summed E-state index contributed by atoms with van der Waals surface area (Å²) in [7, 11) is 0. The molecule has 1 amide bonds. The molecular weight excluding hydrogens is 268 g/mol. The Labute approximate surface area is 125 Å². The molecule has 1 saturated heterocycles. The van der Waals surface area contributed by atoms with Gasteiger partial charge in [0.2, 0.25) is 0 Å². The first kappa shape index (κ1) is 15.8. The maximum atomic E-state index is 12.8. The van der Waals surface area contributed by atoms with Crippen molar-refractivity contribution >= 4 is 5.91 Å². The lowest BCUT2D eigenvalue weighted by molar-refractivity contribution is -0.0535. The summed E-state index contributed by atoms with van der Waals surface area (Å²) in [6.07, 6.45) is 4.21. The molecule has 2 unspecified atom stereocenters. The van der Waals surface area contributed by atoms with Gasteiger partial charge in [-0.05, 0) is 30.9 Å². The van der Waals surface area contributed by atoms with Gasteiger partial charge in [0.1, 0.15) is 5.56 Å². The van der Waals surface area contributed by atoms with Crippen molar-refractivity contribution in [2.24, 2.45) is 0 Å². The molecule has 5 nitrogen and oxygen atoms in total. The SMILES string of the molecule is CCc1c[nH]c(=O)c(C(=O)N2CC(CC)OCC2CC)c1. The van der Waals surface area contributed by atoms with E-state index in [4.69, 9.17) is 4.74 Å². The lowest BCUT2D eigenvalue weighted by Gasteiger charge is -2.39. The lowest BCUT2D eigenvalue weighted by Crippen LogP contribution is -2.52. The highest BCUT2D eigenvalue weighted by atomic mass is 16.5. The van der Waals surface area contributed by atoms with Crippen LogP contribution in [-0.2, 0) is 11.2 Å². The fraction of sp³-hybridized carbons (Fsp3) is 0.625. The van der Waals surface area contributed by atoms with Gasteiger partial charge in [0.25, 0.3) is 11.5 Å². The zero-order chi connectivity index (χ0) is 15.4. The van der Waals surface area contributed by atoms with Crippen molar-refractivity contribution < 1.29 is 9.53 Å². The second-order valence-electron chi connectivity index (χ2n) is 5.49. The molecule has 5 heteroatoms. The van der Waals surface area contributed by atoms with Crippen molar-refractivity contribution in [3.63, 3.8) is 0 Å². The van der Waals surface area contributed by atoms with E-state index in [1.807, 2.05) is 25.7 Å². The molecule has 1 aromatic heterocycles. The number of amides is 1. The first-order chi connectivity index (χ1) is 10.1. The second kappa shape index (κ2) is 6.89. The van der Waals surface area contributed by atoms with Gasteiger partial charge in [-0.1, -0.05) is 20.8 Å². The van der Waals surface area contributed by atoms with Gasteiger partial charge in [-0.15, -0.1) is 0 Å². The molecule has 0 aromatic carbocycles. The number of carbonyl (C=O) groups excluding carboxylic acids is 1. The molecule has 1 fully saturated rings. The Morgan fingerprint density at radius 2 is 2.14 bits per heavy atom. The molecule has 1 aliphatic rings. The summed E-state index contributed by atoms with van der Waals surface area (Å²) in [5.74, 6) is -0.180. The molecule has 0 saturated carbocycles. The average molecular weight is 292 g/mol. The number of carbonyl (C=O) groups is 1. The van der Waals surface area contributed by atoms with Crippen LogP contribution in [0.25, 0.3) is 0 Å². The van der Waals surface area contributed by atoms with Gasteiger partial charge >= 0.3 is 0 Å². The number of aromatic amines is 1. The summed E-state index contributed by atoms with van der Waals surface area (Å²) in [5, 5.41) is 0. The Hall–Kier alpha value is -1.62. The summed E-state index contributed by atoms with van der Waals surface area (Å²) in [6.45, 7) is 7.19. The smallest absolute Gasteiger partial charge is 0.260 e. The highest BCUT2D eigenvalue weighted by Crippen LogP contribution is 2.18. The van der Waals surface area contributed by atoms with Crippen LogP contribution in [0.3, 0.4) is 0 Å². The number of pyridine rings is 1. The number of morpholine rings is 1.